The van der Waals surface area contributed by atoms with Gasteiger partial charge >= 0.3 is 0 Å². The summed E-state index contributed by atoms with van der Waals surface area (Å²) in [6.45, 7) is 9.84. The van der Waals surface area contributed by atoms with Crippen LogP contribution in [0.1, 0.15) is 56.5 Å². The zero-order valence-corrected chi connectivity index (χ0v) is 16.1. The van der Waals surface area contributed by atoms with E-state index >= 15 is 0 Å². The van der Waals surface area contributed by atoms with Crippen LogP contribution in [0.2, 0.25) is 0 Å². The van der Waals surface area contributed by atoms with Gasteiger partial charge in [-0.05, 0) is 50.8 Å². The lowest BCUT2D eigenvalue weighted by atomic mass is 10.0. The van der Waals surface area contributed by atoms with Crippen LogP contribution in [0, 0.1) is 20.8 Å². The second-order valence-electron chi connectivity index (χ2n) is 6.05. The molecule has 1 aromatic carbocycles. The quantitative estimate of drug-likeness (QED) is 0.859. The highest BCUT2D eigenvalue weighted by atomic mass is 32.2. The van der Waals surface area contributed by atoms with Gasteiger partial charge in [-0.25, -0.2) is 8.93 Å². The molecule has 1 unspecified atom stereocenters. The van der Waals surface area contributed by atoms with Crippen LogP contribution in [0.5, 0.6) is 0 Å². The van der Waals surface area contributed by atoms with E-state index in [1.165, 1.54) is 12.8 Å². The fourth-order valence-electron chi connectivity index (χ4n) is 3.11. The third-order valence-electron chi connectivity index (χ3n) is 4.34. The van der Waals surface area contributed by atoms with Crippen molar-refractivity contribution in [2.24, 2.45) is 0 Å². The molecular weight excluding hydrogens is 320 g/mol. The summed E-state index contributed by atoms with van der Waals surface area (Å²) in [6, 6.07) is 6.44. The number of aryl methyl sites for hydroxylation is 3. The van der Waals surface area contributed by atoms with Crippen molar-refractivity contribution >= 4 is 11.0 Å². The third-order valence-corrected chi connectivity index (χ3v) is 5.73. The molecule has 1 aliphatic carbocycles. The van der Waals surface area contributed by atoms with Gasteiger partial charge in [-0.15, -0.1) is 0 Å². The lowest BCUT2D eigenvalue weighted by Gasteiger charge is -2.14. The van der Waals surface area contributed by atoms with Crippen molar-refractivity contribution in [1.82, 2.24) is 9.88 Å². The number of rotatable bonds is 4. The first-order valence-corrected chi connectivity index (χ1v) is 9.93. The topological polar surface area (TPSA) is 55.1 Å². The van der Waals surface area contributed by atoms with Gasteiger partial charge in [-0.1, -0.05) is 44.0 Å². The van der Waals surface area contributed by atoms with Crippen LogP contribution in [0.4, 0.5) is 0 Å². The highest BCUT2D eigenvalue weighted by Crippen LogP contribution is 2.29. The zero-order chi connectivity index (χ0) is 17.7. The molecule has 2 aromatic rings. The molecule has 1 atom stereocenters. The van der Waals surface area contributed by atoms with Crippen LogP contribution in [0.25, 0.3) is 11.1 Å². The Labute approximate surface area is 147 Å². The van der Waals surface area contributed by atoms with Crippen molar-refractivity contribution in [3.8, 4) is 11.1 Å². The van der Waals surface area contributed by atoms with Crippen molar-refractivity contribution in [1.29, 1.82) is 0 Å². The molecule has 3 rings (SSSR count). The molecule has 0 radical (unpaired) electrons. The van der Waals surface area contributed by atoms with Crippen LogP contribution in [-0.4, -0.2) is 15.4 Å². The summed E-state index contributed by atoms with van der Waals surface area (Å²) < 4.78 is 21.2. The smallest absolute Gasteiger partial charge is 0.141 e. The molecule has 1 heterocycles. The summed E-state index contributed by atoms with van der Waals surface area (Å²) >= 11 is 0. The fraction of sp³-hybridized carbons (Fsp3) is 0.526. The molecule has 5 heteroatoms. The molecule has 1 aliphatic rings. The summed E-state index contributed by atoms with van der Waals surface area (Å²) in [6.07, 6.45) is 4.70. The highest BCUT2D eigenvalue weighted by molar-refractivity contribution is 7.83. The van der Waals surface area contributed by atoms with E-state index in [0.29, 0.717) is 6.04 Å². The molecule has 1 N–H and O–H groups in total. The van der Waals surface area contributed by atoms with Crippen molar-refractivity contribution < 1.29 is 8.73 Å². The molecule has 0 bridgehead atoms. The fourth-order valence-corrected chi connectivity index (χ4v) is 4.37. The molecule has 1 fully saturated rings. The number of aromatic nitrogens is 1. The Kier molecular flexibility index (Phi) is 6.75. The Hall–Kier alpha value is -1.46. The summed E-state index contributed by atoms with van der Waals surface area (Å²) in [4.78, 5) is 0.851. The number of nitrogens with one attached hydrogen (secondary N) is 1. The van der Waals surface area contributed by atoms with Crippen LogP contribution in [0.3, 0.4) is 0 Å². The molecule has 4 nitrogen and oxygen atoms in total. The minimum Gasteiger partial charge on any atom is -0.361 e. The maximum atomic E-state index is 12.7. The van der Waals surface area contributed by atoms with Crippen molar-refractivity contribution in [2.45, 2.75) is 71.2 Å². The monoisotopic (exact) mass is 348 g/mol. The van der Waals surface area contributed by atoms with Gasteiger partial charge in [0.1, 0.15) is 16.7 Å². The Balaban J connectivity index is 0.00000100. The Morgan fingerprint density at radius 3 is 2.42 bits per heavy atom. The van der Waals surface area contributed by atoms with Crippen molar-refractivity contribution in [3.05, 3.63) is 35.2 Å². The van der Waals surface area contributed by atoms with Gasteiger partial charge in [0.05, 0.1) is 10.6 Å². The molecule has 0 saturated heterocycles. The van der Waals surface area contributed by atoms with Gasteiger partial charge in [0.2, 0.25) is 0 Å². The zero-order valence-electron chi connectivity index (χ0n) is 15.3. The lowest BCUT2D eigenvalue weighted by molar-refractivity contribution is 0.393. The molecule has 0 aliphatic heterocycles. The van der Waals surface area contributed by atoms with Gasteiger partial charge in [0.25, 0.3) is 0 Å². The second kappa shape index (κ2) is 8.58. The first-order valence-electron chi connectivity index (χ1n) is 8.78. The van der Waals surface area contributed by atoms with Gasteiger partial charge < -0.3 is 4.52 Å². The number of hydrogen-bond acceptors (Lipinski definition) is 3. The third kappa shape index (κ3) is 4.14. The largest absolute Gasteiger partial charge is 0.361 e. The van der Waals surface area contributed by atoms with Crippen LogP contribution < -0.4 is 4.72 Å². The number of benzene rings is 1. The standard InChI is InChI=1S/C17H22N2O2S.C2H6/c1-11-8-9-14(17-12(2)18-21-13(17)3)10-16(11)22(20)19-15-6-4-5-7-15;1-2/h8-10,15,19H,4-7H2,1-3H3;1-2H3. The predicted octanol–water partition coefficient (Wildman–Crippen LogP) is 4.85. The summed E-state index contributed by atoms with van der Waals surface area (Å²) in [5.74, 6) is 0.793. The predicted molar refractivity (Wildman–Crippen MR) is 99.3 cm³/mol. The van der Waals surface area contributed by atoms with Gasteiger partial charge in [0, 0.05) is 11.6 Å². The summed E-state index contributed by atoms with van der Waals surface area (Å²) in [5, 5.41) is 4.01. The molecular formula is C19H28N2O2S. The lowest BCUT2D eigenvalue weighted by Crippen LogP contribution is -2.28. The summed E-state index contributed by atoms with van der Waals surface area (Å²) in [5.41, 5.74) is 3.92. The minimum atomic E-state index is -1.17. The van der Waals surface area contributed by atoms with E-state index in [9.17, 15) is 4.21 Å². The molecule has 1 saturated carbocycles. The molecule has 24 heavy (non-hydrogen) atoms. The van der Waals surface area contributed by atoms with Crippen LogP contribution in [0.15, 0.2) is 27.6 Å². The van der Waals surface area contributed by atoms with E-state index in [1.807, 2.05) is 52.8 Å². The average Bonchev–Trinajstić information content (AvgIpc) is 3.20. The van der Waals surface area contributed by atoms with E-state index in [4.69, 9.17) is 4.52 Å². The first-order chi connectivity index (χ1) is 11.6. The van der Waals surface area contributed by atoms with E-state index in [0.717, 1.165) is 45.9 Å². The first kappa shape index (κ1) is 18.9. The molecule has 0 spiro atoms. The Morgan fingerprint density at radius 2 is 1.83 bits per heavy atom. The maximum absolute atomic E-state index is 12.7. The van der Waals surface area contributed by atoms with Gasteiger partial charge in [-0.2, -0.15) is 0 Å². The highest BCUT2D eigenvalue weighted by Gasteiger charge is 2.20. The van der Waals surface area contributed by atoms with Crippen molar-refractivity contribution in [2.75, 3.05) is 0 Å². The molecule has 132 valence electrons. The summed E-state index contributed by atoms with van der Waals surface area (Å²) in [7, 11) is -1.17. The normalized spacial score (nSPS) is 15.9. The molecule has 0 amide bonds. The molecule has 1 aromatic heterocycles. The second-order valence-corrected chi connectivity index (χ2v) is 7.26. The van der Waals surface area contributed by atoms with E-state index in [1.54, 1.807) is 0 Å². The Morgan fingerprint density at radius 1 is 1.17 bits per heavy atom. The maximum Gasteiger partial charge on any atom is 0.141 e. The van der Waals surface area contributed by atoms with E-state index < -0.39 is 11.0 Å². The minimum absolute atomic E-state index is 0.378. The van der Waals surface area contributed by atoms with Gasteiger partial charge in [0.15, 0.2) is 0 Å². The van der Waals surface area contributed by atoms with Crippen LogP contribution >= 0.6 is 0 Å². The Bertz CT molecular complexity index is 684. The van der Waals surface area contributed by atoms with Crippen molar-refractivity contribution in [3.63, 3.8) is 0 Å². The van der Waals surface area contributed by atoms with E-state index in [2.05, 4.69) is 9.88 Å². The average molecular weight is 349 g/mol. The van der Waals surface area contributed by atoms with Crippen LogP contribution in [-0.2, 0) is 11.0 Å². The number of nitrogens with zero attached hydrogens (tertiary/aromatic N) is 1. The van der Waals surface area contributed by atoms with E-state index in [-0.39, 0.29) is 0 Å². The van der Waals surface area contributed by atoms with Gasteiger partial charge in [-0.3, -0.25) is 0 Å². The number of hydrogen-bond donors (Lipinski definition) is 1. The SMILES string of the molecule is CC.Cc1ccc(-c2c(C)noc2C)cc1S(=O)NC1CCCC1.